The maximum absolute atomic E-state index is 13.8. The summed E-state index contributed by atoms with van der Waals surface area (Å²) in [5.74, 6) is -1.76. The average molecular weight is 302 g/mol. The van der Waals surface area contributed by atoms with Crippen molar-refractivity contribution in [3.8, 4) is 0 Å². The van der Waals surface area contributed by atoms with E-state index in [-0.39, 0.29) is 11.3 Å². The van der Waals surface area contributed by atoms with Gasteiger partial charge < -0.3 is 11.1 Å². The van der Waals surface area contributed by atoms with Crippen LogP contribution in [0.1, 0.15) is 11.1 Å². The quantitative estimate of drug-likeness (QED) is 0.627. The van der Waals surface area contributed by atoms with Crippen molar-refractivity contribution in [3.63, 3.8) is 0 Å². The highest BCUT2D eigenvalue weighted by Crippen LogP contribution is 2.36. The second kappa shape index (κ2) is 5.23. The zero-order chi connectivity index (χ0) is 15.8. The van der Waals surface area contributed by atoms with Crippen LogP contribution in [0.4, 0.5) is 39.0 Å². The largest absolute Gasteiger partial charge is 0.418 e. The summed E-state index contributed by atoms with van der Waals surface area (Å²) >= 11 is 0. The number of aryl methyl sites for hydroxylation is 1. The number of hydrogen-bond donors (Lipinski definition) is 2. The molecule has 0 unspecified atom stereocenters. The van der Waals surface area contributed by atoms with Gasteiger partial charge in [-0.05, 0) is 36.8 Å². The normalized spacial score (nSPS) is 11.5. The summed E-state index contributed by atoms with van der Waals surface area (Å²) in [6.45, 7) is 1.42. The SMILES string of the molecule is Cc1ccc(F)c(Nc2ccc(N)c(C(F)(F)F)c2)c1F. The Morgan fingerprint density at radius 3 is 2.33 bits per heavy atom. The molecule has 0 atom stereocenters. The predicted molar refractivity (Wildman–Crippen MR) is 70.2 cm³/mol. The summed E-state index contributed by atoms with van der Waals surface area (Å²) in [6, 6.07) is 5.21. The van der Waals surface area contributed by atoms with Crippen molar-refractivity contribution in [1.29, 1.82) is 0 Å². The van der Waals surface area contributed by atoms with E-state index in [1.807, 2.05) is 0 Å². The topological polar surface area (TPSA) is 38.0 Å². The van der Waals surface area contributed by atoms with E-state index in [1.165, 1.54) is 19.1 Å². The average Bonchev–Trinajstić information content (AvgIpc) is 2.40. The first-order valence-electron chi connectivity index (χ1n) is 5.88. The molecule has 0 aromatic heterocycles. The molecule has 0 spiro atoms. The van der Waals surface area contributed by atoms with Gasteiger partial charge in [0, 0.05) is 11.4 Å². The third-order valence-corrected chi connectivity index (χ3v) is 2.91. The third kappa shape index (κ3) is 3.07. The van der Waals surface area contributed by atoms with Gasteiger partial charge in [-0.2, -0.15) is 13.2 Å². The van der Waals surface area contributed by atoms with Gasteiger partial charge >= 0.3 is 6.18 Å². The number of benzene rings is 2. The van der Waals surface area contributed by atoms with Crippen LogP contribution in [-0.4, -0.2) is 0 Å². The molecule has 112 valence electrons. The lowest BCUT2D eigenvalue weighted by Crippen LogP contribution is -2.09. The van der Waals surface area contributed by atoms with Crippen LogP contribution in [0, 0.1) is 18.6 Å². The summed E-state index contributed by atoms with van der Waals surface area (Å²) in [5, 5.41) is 2.32. The molecule has 0 saturated heterocycles. The molecular formula is C14H11F5N2. The monoisotopic (exact) mass is 302 g/mol. The van der Waals surface area contributed by atoms with E-state index in [2.05, 4.69) is 5.32 Å². The molecule has 0 amide bonds. The Morgan fingerprint density at radius 1 is 1.05 bits per heavy atom. The lowest BCUT2D eigenvalue weighted by Gasteiger charge is -2.14. The van der Waals surface area contributed by atoms with E-state index in [9.17, 15) is 22.0 Å². The molecule has 0 aliphatic carbocycles. The number of nitrogens with one attached hydrogen (secondary N) is 1. The molecular weight excluding hydrogens is 291 g/mol. The minimum Gasteiger partial charge on any atom is -0.398 e. The molecule has 0 aliphatic heterocycles. The highest BCUT2D eigenvalue weighted by molar-refractivity contribution is 5.66. The van der Waals surface area contributed by atoms with Crippen LogP contribution in [0.3, 0.4) is 0 Å². The Balaban J connectivity index is 2.44. The highest BCUT2D eigenvalue weighted by Gasteiger charge is 2.33. The van der Waals surface area contributed by atoms with Crippen LogP contribution in [0.25, 0.3) is 0 Å². The van der Waals surface area contributed by atoms with Crippen LogP contribution in [-0.2, 0) is 6.18 Å². The van der Waals surface area contributed by atoms with Crippen LogP contribution in [0.15, 0.2) is 30.3 Å². The molecule has 7 heteroatoms. The summed E-state index contributed by atoms with van der Waals surface area (Å²) in [5.41, 5.74) is 3.28. The van der Waals surface area contributed by atoms with E-state index < -0.39 is 34.7 Å². The second-order valence-electron chi connectivity index (χ2n) is 4.48. The smallest absolute Gasteiger partial charge is 0.398 e. The number of hydrogen-bond acceptors (Lipinski definition) is 2. The third-order valence-electron chi connectivity index (χ3n) is 2.91. The Morgan fingerprint density at radius 2 is 1.71 bits per heavy atom. The first-order chi connectivity index (χ1) is 9.70. The molecule has 2 aromatic carbocycles. The number of nitrogen functional groups attached to an aromatic ring is 1. The van der Waals surface area contributed by atoms with E-state index in [0.29, 0.717) is 6.07 Å². The fourth-order valence-corrected chi connectivity index (χ4v) is 1.80. The number of halogens is 5. The maximum Gasteiger partial charge on any atom is 0.418 e. The van der Waals surface area contributed by atoms with E-state index in [1.54, 1.807) is 0 Å². The zero-order valence-electron chi connectivity index (χ0n) is 10.9. The molecule has 2 aromatic rings. The first kappa shape index (κ1) is 15.1. The van der Waals surface area contributed by atoms with E-state index >= 15 is 0 Å². The summed E-state index contributed by atoms with van der Waals surface area (Å²) in [7, 11) is 0. The van der Waals surface area contributed by atoms with Gasteiger partial charge in [0.1, 0.15) is 11.5 Å². The number of anilines is 3. The molecule has 0 radical (unpaired) electrons. The second-order valence-corrected chi connectivity index (χ2v) is 4.48. The van der Waals surface area contributed by atoms with E-state index in [4.69, 9.17) is 5.73 Å². The summed E-state index contributed by atoms with van der Waals surface area (Å²) in [4.78, 5) is 0. The maximum atomic E-state index is 13.8. The van der Waals surface area contributed by atoms with Crippen molar-refractivity contribution in [2.75, 3.05) is 11.1 Å². The minimum atomic E-state index is -4.65. The fraction of sp³-hybridized carbons (Fsp3) is 0.143. The van der Waals surface area contributed by atoms with Gasteiger partial charge in [-0.3, -0.25) is 0 Å². The molecule has 3 N–H and O–H groups in total. The van der Waals surface area contributed by atoms with Gasteiger partial charge in [-0.25, -0.2) is 8.78 Å². The minimum absolute atomic E-state index is 0.111. The molecule has 0 fully saturated rings. The van der Waals surface area contributed by atoms with Gasteiger partial charge in [0.2, 0.25) is 0 Å². The number of rotatable bonds is 2. The molecule has 2 nitrogen and oxygen atoms in total. The molecule has 0 saturated carbocycles. The van der Waals surface area contributed by atoms with Crippen LogP contribution in [0.5, 0.6) is 0 Å². The predicted octanol–water partition coefficient (Wildman–Crippen LogP) is 4.62. The van der Waals surface area contributed by atoms with Crippen molar-refractivity contribution in [2.24, 2.45) is 0 Å². The van der Waals surface area contributed by atoms with Gasteiger partial charge in [0.05, 0.1) is 5.56 Å². The van der Waals surface area contributed by atoms with Gasteiger partial charge in [0.25, 0.3) is 0 Å². The van der Waals surface area contributed by atoms with Gasteiger partial charge in [-0.15, -0.1) is 0 Å². The van der Waals surface area contributed by atoms with Crippen molar-refractivity contribution in [2.45, 2.75) is 13.1 Å². The lowest BCUT2D eigenvalue weighted by molar-refractivity contribution is -0.136. The summed E-state index contributed by atoms with van der Waals surface area (Å²) < 4.78 is 65.6. The van der Waals surface area contributed by atoms with Crippen molar-refractivity contribution < 1.29 is 22.0 Å². The molecule has 0 heterocycles. The Bertz CT molecular complexity index is 680. The van der Waals surface area contributed by atoms with Crippen LogP contribution < -0.4 is 11.1 Å². The van der Waals surface area contributed by atoms with Gasteiger partial charge in [-0.1, -0.05) is 6.07 Å². The highest BCUT2D eigenvalue weighted by atomic mass is 19.4. The standard InChI is InChI=1S/C14H11F5N2/c1-7-2-4-10(15)13(12(7)16)21-8-3-5-11(20)9(6-8)14(17,18)19/h2-6,21H,20H2,1H3. The number of nitrogens with two attached hydrogens (primary N) is 1. The molecule has 0 aliphatic rings. The Hall–Kier alpha value is -2.31. The molecule has 2 rings (SSSR count). The van der Waals surface area contributed by atoms with E-state index in [0.717, 1.165) is 12.1 Å². The van der Waals surface area contributed by atoms with Crippen LogP contribution >= 0.6 is 0 Å². The van der Waals surface area contributed by atoms with Crippen molar-refractivity contribution in [1.82, 2.24) is 0 Å². The molecule has 0 bridgehead atoms. The Kier molecular flexibility index (Phi) is 3.76. The first-order valence-corrected chi connectivity index (χ1v) is 5.88. The summed E-state index contributed by atoms with van der Waals surface area (Å²) in [6.07, 6.45) is -4.65. The Labute approximate surface area is 117 Å². The van der Waals surface area contributed by atoms with Crippen LogP contribution in [0.2, 0.25) is 0 Å². The zero-order valence-corrected chi connectivity index (χ0v) is 10.9. The van der Waals surface area contributed by atoms with Crippen molar-refractivity contribution in [3.05, 3.63) is 53.1 Å². The van der Waals surface area contributed by atoms with Gasteiger partial charge in [0.15, 0.2) is 5.82 Å². The fourth-order valence-electron chi connectivity index (χ4n) is 1.80. The lowest BCUT2D eigenvalue weighted by atomic mass is 10.1. The number of alkyl halides is 3. The van der Waals surface area contributed by atoms with Crippen molar-refractivity contribution >= 4 is 17.1 Å². The molecule has 21 heavy (non-hydrogen) atoms.